The molecule has 1 aromatic rings. The van der Waals surface area contributed by atoms with Gasteiger partial charge in [0.15, 0.2) is 0 Å². The van der Waals surface area contributed by atoms with Crippen LogP contribution in [0.3, 0.4) is 0 Å². The van der Waals surface area contributed by atoms with E-state index in [9.17, 15) is 4.39 Å². The summed E-state index contributed by atoms with van der Waals surface area (Å²) in [5.74, 6) is 0.0414. The third-order valence-corrected chi connectivity index (χ3v) is 3.69. The van der Waals surface area contributed by atoms with Crippen molar-refractivity contribution >= 4 is 11.6 Å². The molecule has 0 saturated carbocycles. The Bertz CT molecular complexity index is 359. The molecule has 2 unspecified atom stereocenters. The molecule has 0 aromatic heterocycles. The van der Waals surface area contributed by atoms with Crippen molar-refractivity contribution in [1.29, 1.82) is 0 Å². The van der Waals surface area contributed by atoms with E-state index in [4.69, 9.17) is 11.6 Å². The molecule has 1 saturated heterocycles. The molecule has 0 radical (unpaired) electrons. The molecule has 2 atom stereocenters. The Morgan fingerprint density at radius 1 is 1.50 bits per heavy atom. The van der Waals surface area contributed by atoms with E-state index in [0.717, 1.165) is 25.9 Å². The average Bonchev–Trinajstić information content (AvgIpc) is 2.30. The molecule has 0 amide bonds. The van der Waals surface area contributed by atoms with Gasteiger partial charge in [0, 0.05) is 17.5 Å². The van der Waals surface area contributed by atoms with Gasteiger partial charge in [0.05, 0.1) is 0 Å². The van der Waals surface area contributed by atoms with E-state index in [1.165, 1.54) is 0 Å². The van der Waals surface area contributed by atoms with Gasteiger partial charge in [-0.3, -0.25) is 0 Å². The second-order valence-electron chi connectivity index (χ2n) is 4.63. The average molecular weight is 242 g/mol. The molecule has 1 aromatic carbocycles. The minimum atomic E-state index is -1.29. The summed E-state index contributed by atoms with van der Waals surface area (Å²) < 4.78 is 14.8. The Kier molecular flexibility index (Phi) is 3.50. The quantitative estimate of drug-likeness (QED) is 0.836. The van der Waals surface area contributed by atoms with Gasteiger partial charge in [0.2, 0.25) is 0 Å². The Hall–Kier alpha value is -0.600. The fourth-order valence-electron chi connectivity index (χ4n) is 2.34. The van der Waals surface area contributed by atoms with Crippen LogP contribution in [0.4, 0.5) is 4.39 Å². The standard InChI is InChI=1S/C13H17ClFN/c1-13(15,11-5-3-7-16-9-11)10-4-2-6-12(14)8-10/h2,4,6,8,11,16H,3,5,7,9H2,1H3. The fraction of sp³-hybridized carbons (Fsp3) is 0.538. The lowest BCUT2D eigenvalue weighted by Crippen LogP contribution is -2.39. The molecule has 0 aliphatic carbocycles. The van der Waals surface area contributed by atoms with Gasteiger partial charge in [-0.15, -0.1) is 0 Å². The molecule has 1 aliphatic rings. The lowest BCUT2D eigenvalue weighted by atomic mass is 9.80. The van der Waals surface area contributed by atoms with Crippen LogP contribution in [0.5, 0.6) is 0 Å². The largest absolute Gasteiger partial charge is 0.316 e. The van der Waals surface area contributed by atoms with Crippen molar-refractivity contribution in [2.45, 2.75) is 25.4 Å². The van der Waals surface area contributed by atoms with Crippen LogP contribution in [0.25, 0.3) is 0 Å². The van der Waals surface area contributed by atoms with Crippen LogP contribution in [0.15, 0.2) is 24.3 Å². The Balaban J connectivity index is 2.22. The van der Waals surface area contributed by atoms with Crippen molar-refractivity contribution in [2.24, 2.45) is 5.92 Å². The van der Waals surface area contributed by atoms with E-state index in [2.05, 4.69) is 5.32 Å². The first-order valence-electron chi connectivity index (χ1n) is 5.76. The highest BCUT2D eigenvalue weighted by molar-refractivity contribution is 6.30. The molecular formula is C13H17ClFN. The van der Waals surface area contributed by atoms with E-state index in [0.29, 0.717) is 10.6 Å². The minimum absolute atomic E-state index is 0.0414. The third-order valence-electron chi connectivity index (χ3n) is 3.45. The molecule has 1 fully saturated rings. The van der Waals surface area contributed by atoms with Gasteiger partial charge in [0.25, 0.3) is 0 Å². The van der Waals surface area contributed by atoms with Crippen molar-refractivity contribution in [3.8, 4) is 0 Å². The zero-order chi connectivity index (χ0) is 11.6. The highest BCUT2D eigenvalue weighted by Gasteiger charge is 2.36. The van der Waals surface area contributed by atoms with Gasteiger partial charge in [-0.2, -0.15) is 0 Å². The zero-order valence-electron chi connectivity index (χ0n) is 9.47. The molecule has 3 heteroatoms. The van der Waals surface area contributed by atoms with E-state index < -0.39 is 5.67 Å². The van der Waals surface area contributed by atoms with Crippen LogP contribution in [0.1, 0.15) is 25.3 Å². The van der Waals surface area contributed by atoms with Crippen molar-refractivity contribution in [3.63, 3.8) is 0 Å². The van der Waals surface area contributed by atoms with Crippen molar-refractivity contribution < 1.29 is 4.39 Å². The zero-order valence-corrected chi connectivity index (χ0v) is 10.2. The summed E-state index contributed by atoms with van der Waals surface area (Å²) >= 11 is 5.91. The number of hydrogen-bond donors (Lipinski definition) is 1. The van der Waals surface area contributed by atoms with Gasteiger partial charge in [-0.1, -0.05) is 23.7 Å². The van der Waals surface area contributed by atoms with Crippen LogP contribution >= 0.6 is 11.6 Å². The molecule has 1 N–H and O–H groups in total. The molecule has 0 spiro atoms. The minimum Gasteiger partial charge on any atom is -0.316 e. The van der Waals surface area contributed by atoms with Crippen molar-refractivity contribution in [1.82, 2.24) is 5.32 Å². The second kappa shape index (κ2) is 4.72. The first-order valence-corrected chi connectivity index (χ1v) is 6.14. The third kappa shape index (κ3) is 2.38. The topological polar surface area (TPSA) is 12.0 Å². The predicted molar refractivity (Wildman–Crippen MR) is 65.5 cm³/mol. The van der Waals surface area contributed by atoms with E-state index in [1.807, 2.05) is 12.1 Å². The van der Waals surface area contributed by atoms with Crippen LogP contribution in [0.2, 0.25) is 5.02 Å². The monoisotopic (exact) mass is 241 g/mol. The van der Waals surface area contributed by atoms with Crippen LogP contribution in [-0.4, -0.2) is 13.1 Å². The number of benzene rings is 1. The highest BCUT2D eigenvalue weighted by Crippen LogP contribution is 2.37. The molecule has 1 aliphatic heterocycles. The van der Waals surface area contributed by atoms with Gasteiger partial charge in [0.1, 0.15) is 5.67 Å². The van der Waals surface area contributed by atoms with Crippen LogP contribution in [0, 0.1) is 5.92 Å². The van der Waals surface area contributed by atoms with Gasteiger partial charge in [-0.25, -0.2) is 4.39 Å². The smallest absolute Gasteiger partial charge is 0.137 e. The van der Waals surface area contributed by atoms with E-state index in [1.54, 1.807) is 19.1 Å². The summed E-state index contributed by atoms with van der Waals surface area (Å²) in [5, 5.41) is 3.85. The lowest BCUT2D eigenvalue weighted by molar-refractivity contribution is 0.0812. The molecule has 0 bridgehead atoms. The summed E-state index contributed by atoms with van der Waals surface area (Å²) in [6.45, 7) is 3.41. The number of rotatable bonds is 2. The summed E-state index contributed by atoms with van der Waals surface area (Å²) in [7, 11) is 0. The molecule has 1 nitrogen and oxygen atoms in total. The molecule has 2 rings (SSSR count). The highest BCUT2D eigenvalue weighted by atomic mass is 35.5. The van der Waals surface area contributed by atoms with Gasteiger partial charge in [-0.05, 0) is 44.0 Å². The van der Waals surface area contributed by atoms with Crippen LogP contribution in [-0.2, 0) is 5.67 Å². The Labute approximate surface area is 101 Å². The predicted octanol–water partition coefficient (Wildman–Crippen LogP) is 3.52. The molecule has 1 heterocycles. The maximum Gasteiger partial charge on any atom is 0.137 e. The van der Waals surface area contributed by atoms with Crippen molar-refractivity contribution in [2.75, 3.05) is 13.1 Å². The summed E-state index contributed by atoms with van der Waals surface area (Å²) in [5.41, 5.74) is -0.605. The number of nitrogens with one attached hydrogen (secondary N) is 1. The summed E-state index contributed by atoms with van der Waals surface area (Å²) in [6, 6.07) is 7.14. The van der Waals surface area contributed by atoms with Gasteiger partial charge >= 0.3 is 0 Å². The Morgan fingerprint density at radius 3 is 2.94 bits per heavy atom. The second-order valence-corrected chi connectivity index (χ2v) is 5.07. The maximum atomic E-state index is 14.8. The normalized spacial score (nSPS) is 25.1. The number of piperidine rings is 1. The SMILES string of the molecule is CC(F)(c1cccc(Cl)c1)C1CCCNC1. The first-order chi connectivity index (χ1) is 7.60. The summed E-state index contributed by atoms with van der Waals surface area (Å²) in [6.07, 6.45) is 1.98. The first kappa shape index (κ1) is 11.9. The number of halogens is 2. The number of alkyl halides is 1. The molecule has 16 heavy (non-hydrogen) atoms. The molecule has 88 valence electrons. The number of hydrogen-bond acceptors (Lipinski definition) is 1. The fourth-order valence-corrected chi connectivity index (χ4v) is 2.53. The van der Waals surface area contributed by atoms with E-state index >= 15 is 0 Å². The Morgan fingerprint density at radius 2 is 2.31 bits per heavy atom. The van der Waals surface area contributed by atoms with Crippen LogP contribution < -0.4 is 5.32 Å². The molecular weight excluding hydrogens is 225 g/mol. The van der Waals surface area contributed by atoms with Gasteiger partial charge < -0.3 is 5.32 Å². The van der Waals surface area contributed by atoms with Crippen molar-refractivity contribution in [3.05, 3.63) is 34.9 Å². The van der Waals surface area contributed by atoms with E-state index in [-0.39, 0.29) is 5.92 Å². The summed E-state index contributed by atoms with van der Waals surface area (Å²) in [4.78, 5) is 0. The lowest BCUT2D eigenvalue weighted by Gasteiger charge is -2.34. The maximum absolute atomic E-state index is 14.8.